The third-order valence-corrected chi connectivity index (χ3v) is 2.79. The Morgan fingerprint density at radius 2 is 1.59 bits per heavy atom. The zero-order valence-electron chi connectivity index (χ0n) is 10.0. The van der Waals surface area contributed by atoms with Gasteiger partial charge in [-0.25, -0.2) is 0 Å². The van der Waals surface area contributed by atoms with Crippen LogP contribution in [-0.4, -0.2) is 28.0 Å². The quantitative estimate of drug-likeness (QED) is 0.680. The van der Waals surface area contributed by atoms with E-state index in [1.165, 1.54) is 11.4 Å². The maximum atomic E-state index is 5.58. The molecule has 4 heteroatoms. The number of nitrogens with two attached hydrogens (primary N) is 1. The topological polar surface area (TPSA) is 60.8 Å². The molecule has 2 aromatic rings. The lowest BCUT2D eigenvalue weighted by molar-refractivity contribution is 0.250. The molecule has 0 fully saturated rings. The molecule has 0 aliphatic rings. The molecule has 0 spiro atoms. The van der Waals surface area contributed by atoms with Gasteiger partial charge in [-0.05, 0) is 37.2 Å². The fourth-order valence-corrected chi connectivity index (χ4v) is 1.94. The minimum absolute atomic E-state index is 0.742. The van der Waals surface area contributed by atoms with E-state index in [0.717, 1.165) is 32.6 Å². The zero-order valence-corrected chi connectivity index (χ0v) is 10.0. The number of nitrogens with one attached hydrogen (secondary N) is 2. The van der Waals surface area contributed by atoms with Gasteiger partial charge in [-0.1, -0.05) is 0 Å². The second kappa shape index (κ2) is 6.27. The molecule has 4 N–H and O–H groups in total. The van der Waals surface area contributed by atoms with Crippen LogP contribution in [0.25, 0.3) is 0 Å². The van der Waals surface area contributed by atoms with E-state index in [9.17, 15) is 0 Å². The van der Waals surface area contributed by atoms with Crippen molar-refractivity contribution in [2.45, 2.75) is 19.5 Å². The Kier molecular flexibility index (Phi) is 4.41. The highest BCUT2D eigenvalue weighted by Crippen LogP contribution is 2.07. The molecule has 4 nitrogen and oxygen atoms in total. The van der Waals surface area contributed by atoms with E-state index in [4.69, 9.17) is 5.73 Å². The van der Waals surface area contributed by atoms with Crippen molar-refractivity contribution < 1.29 is 0 Å². The highest BCUT2D eigenvalue weighted by atomic mass is 15.1. The lowest BCUT2D eigenvalue weighted by Crippen LogP contribution is -2.26. The summed E-state index contributed by atoms with van der Waals surface area (Å²) in [6, 6.07) is 8.30. The predicted octanol–water partition coefficient (Wildman–Crippen LogP) is 1.69. The molecule has 0 bridgehead atoms. The minimum Gasteiger partial charge on any atom is -0.364 e. The third kappa shape index (κ3) is 3.76. The van der Waals surface area contributed by atoms with Crippen LogP contribution in [0.2, 0.25) is 0 Å². The molecule has 0 radical (unpaired) electrons. The molecule has 0 aliphatic heterocycles. The van der Waals surface area contributed by atoms with Crippen molar-refractivity contribution in [3.05, 3.63) is 48.0 Å². The number of aromatic amines is 2. The molecular weight excluding hydrogens is 212 g/mol. The number of hydrogen-bond acceptors (Lipinski definition) is 2. The first kappa shape index (κ1) is 12.0. The van der Waals surface area contributed by atoms with Crippen molar-refractivity contribution >= 4 is 0 Å². The van der Waals surface area contributed by atoms with Gasteiger partial charge in [0.1, 0.15) is 0 Å². The number of nitrogens with zero attached hydrogens (tertiary/aromatic N) is 1. The Morgan fingerprint density at radius 1 is 1.00 bits per heavy atom. The third-order valence-electron chi connectivity index (χ3n) is 2.79. The number of aromatic nitrogens is 2. The number of H-pyrrole nitrogens is 2. The molecule has 0 saturated carbocycles. The van der Waals surface area contributed by atoms with Crippen LogP contribution < -0.4 is 5.73 Å². The van der Waals surface area contributed by atoms with Crippen LogP contribution in [0.4, 0.5) is 0 Å². The second-order valence-corrected chi connectivity index (χ2v) is 4.24. The van der Waals surface area contributed by atoms with E-state index in [0.29, 0.717) is 0 Å². The lowest BCUT2D eigenvalue weighted by atomic mass is 10.3. The molecular formula is C13H20N4. The van der Waals surface area contributed by atoms with Gasteiger partial charge >= 0.3 is 0 Å². The Hall–Kier alpha value is -1.52. The van der Waals surface area contributed by atoms with Gasteiger partial charge in [-0.15, -0.1) is 0 Å². The Labute approximate surface area is 102 Å². The van der Waals surface area contributed by atoms with Crippen LogP contribution >= 0.6 is 0 Å². The van der Waals surface area contributed by atoms with Crippen LogP contribution in [-0.2, 0) is 13.1 Å². The summed E-state index contributed by atoms with van der Waals surface area (Å²) in [6.07, 6.45) is 4.96. The second-order valence-electron chi connectivity index (χ2n) is 4.24. The summed E-state index contributed by atoms with van der Waals surface area (Å²) in [5.41, 5.74) is 8.07. The summed E-state index contributed by atoms with van der Waals surface area (Å²) < 4.78 is 0. The van der Waals surface area contributed by atoms with Crippen molar-refractivity contribution in [1.29, 1.82) is 0 Å². The Morgan fingerprint density at radius 3 is 2.00 bits per heavy atom. The molecule has 2 aromatic heterocycles. The Balaban J connectivity index is 1.92. The first-order chi connectivity index (χ1) is 8.38. The molecule has 17 heavy (non-hydrogen) atoms. The molecule has 0 amide bonds. The van der Waals surface area contributed by atoms with Crippen LogP contribution in [0.1, 0.15) is 17.8 Å². The van der Waals surface area contributed by atoms with Crippen molar-refractivity contribution in [1.82, 2.24) is 14.9 Å². The normalized spacial score (nSPS) is 11.2. The summed E-state index contributed by atoms with van der Waals surface area (Å²) in [5.74, 6) is 0. The summed E-state index contributed by atoms with van der Waals surface area (Å²) in [4.78, 5) is 8.87. The highest BCUT2D eigenvalue weighted by molar-refractivity contribution is 5.06. The molecule has 2 rings (SSSR count). The molecule has 92 valence electrons. The first-order valence-corrected chi connectivity index (χ1v) is 6.05. The summed E-state index contributed by atoms with van der Waals surface area (Å²) >= 11 is 0. The SMILES string of the molecule is NCCCN(Cc1ccc[nH]1)Cc1ccc[nH]1. The van der Waals surface area contributed by atoms with Crippen molar-refractivity contribution in [2.75, 3.05) is 13.1 Å². The van der Waals surface area contributed by atoms with Gasteiger partial charge in [0, 0.05) is 43.4 Å². The van der Waals surface area contributed by atoms with E-state index >= 15 is 0 Å². The van der Waals surface area contributed by atoms with E-state index < -0.39 is 0 Å². The van der Waals surface area contributed by atoms with Crippen LogP contribution in [0, 0.1) is 0 Å². The van der Waals surface area contributed by atoms with Gasteiger partial charge < -0.3 is 15.7 Å². The van der Waals surface area contributed by atoms with E-state index in [1.54, 1.807) is 0 Å². The summed E-state index contributed by atoms with van der Waals surface area (Å²) in [6.45, 7) is 3.64. The standard InChI is InChI=1S/C13H20N4/c14-6-3-9-17(10-12-4-1-7-15-12)11-13-5-2-8-16-13/h1-2,4-5,7-8,15-16H,3,6,9-11,14H2. The average Bonchev–Trinajstić information content (AvgIpc) is 2.99. The molecule has 0 aliphatic carbocycles. The van der Waals surface area contributed by atoms with Crippen molar-refractivity contribution in [3.8, 4) is 0 Å². The van der Waals surface area contributed by atoms with Gasteiger partial charge in [0.05, 0.1) is 0 Å². The van der Waals surface area contributed by atoms with E-state index in [2.05, 4.69) is 27.0 Å². The van der Waals surface area contributed by atoms with Gasteiger partial charge in [0.2, 0.25) is 0 Å². The van der Waals surface area contributed by atoms with Gasteiger partial charge in [-0.2, -0.15) is 0 Å². The number of rotatable bonds is 7. The van der Waals surface area contributed by atoms with E-state index in [-0.39, 0.29) is 0 Å². The largest absolute Gasteiger partial charge is 0.364 e. The maximum Gasteiger partial charge on any atom is 0.0389 e. The number of hydrogen-bond donors (Lipinski definition) is 3. The van der Waals surface area contributed by atoms with Gasteiger partial charge in [-0.3, -0.25) is 4.90 Å². The van der Waals surface area contributed by atoms with E-state index in [1.807, 2.05) is 24.5 Å². The molecule has 0 aromatic carbocycles. The molecule has 0 atom stereocenters. The average molecular weight is 232 g/mol. The van der Waals surface area contributed by atoms with Crippen LogP contribution in [0.15, 0.2) is 36.7 Å². The van der Waals surface area contributed by atoms with Crippen LogP contribution in [0.5, 0.6) is 0 Å². The van der Waals surface area contributed by atoms with Crippen LogP contribution in [0.3, 0.4) is 0 Å². The molecule has 2 heterocycles. The van der Waals surface area contributed by atoms with Gasteiger partial charge in [0.25, 0.3) is 0 Å². The predicted molar refractivity (Wildman–Crippen MR) is 69.4 cm³/mol. The monoisotopic (exact) mass is 232 g/mol. The molecule has 0 unspecified atom stereocenters. The van der Waals surface area contributed by atoms with Crippen molar-refractivity contribution in [2.24, 2.45) is 5.73 Å². The maximum absolute atomic E-state index is 5.58. The Bertz CT molecular complexity index is 355. The zero-order chi connectivity index (χ0) is 11.9. The molecule has 0 saturated heterocycles. The highest BCUT2D eigenvalue weighted by Gasteiger charge is 2.07. The summed E-state index contributed by atoms with van der Waals surface area (Å²) in [7, 11) is 0. The lowest BCUT2D eigenvalue weighted by Gasteiger charge is -2.20. The smallest absolute Gasteiger partial charge is 0.0389 e. The minimum atomic E-state index is 0.742. The summed E-state index contributed by atoms with van der Waals surface area (Å²) in [5, 5.41) is 0. The van der Waals surface area contributed by atoms with Gasteiger partial charge in [0.15, 0.2) is 0 Å². The van der Waals surface area contributed by atoms with Crippen molar-refractivity contribution in [3.63, 3.8) is 0 Å². The fraction of sp³-hybridized carbons (Fsp3) is 0.385. The fourth-order valence-electron chi connectivity index (χ4n) is 1.94. The first-order valence-electron chi connectivity index (χ1n) is 6.05.